The van der Waals surface area contributed by atoms with Gasteiger partial charge in [-0.25, -0.2) is 21.8 Å². The van der Waals surface area contributed by atoms with Gasteiger partial charge in [-0.05, 0) is 55.8 Å². The van der Waals surface area contributed by atoms with E-state index in [1.165, 1.54) is 72.1 Å². The molecule has 40 heavy (non-hydrogen) atoms. The Kier molecular flexibility index (Phi) is 7.26. The number of aromatic nitrogens is 2. The maximum Gasteiger partial charge on any atom is 0.313 e. The first-order chi connectivity index (χ1) is 18.6. The van der Waals surface area contributed by atoms with Crippen molar-refractivity contribution in [3.05, 3.63) is 65.7 Å². The Balaban J connectivity index is 2.22. The molecule has 0 amide bonds. The van der Waals surface area contributed by atoms with E-state index in [2.05, 4.69) is 9.97 Å². The van der Waals surface area contributed by atoms with Crippen molar-refractivity contribution < 1.29 is 37.2 Å². The molecule has 0 spiro atoms. The second-order valence-electron chi connectivity index (χ2n) is 9.25. The van der Waals surface area contributed by atoms with Gasteiger partial charge in [-0.2, -0.15) is 0 Å². The average molecular weight is 589 g/mol. The number of hydrogen-bond acceptors (Lipinski definition) is 9. The Hall–Kier alpha value is -4.19. The Bertz CT molecular complexity index is 1900. The number of carboxylic acids is 1. The topological polar surface area (TPSA) is 249 Å². The Morgan fingerprint density at radius 3 is 2.17 bits per heavy atom. The fraction of sp³-hybridized carbons (Fsp3) is 0.125. The van der Waals surface area contributed by atoms with Gasteiger partial charge >= 0.3 is 5.97 Å². The molecule has 0 saturated heterocycles. The summed E-state index contributed by atoms with van der Waals surface area (Å²) in [4.78, 5) is 20.8. The van der Waals surface area contributed by atoms with E-state index in [9.17, 15) is 37.2 Å². The first kappa shape index (κ1) is 28.8. The Labute approximate surface area is 228 Å². The van der Waals surface area contributed by atoms with Crippen LogP contribution in [0.4, 0.5) is 0 Å². The summed E-state index contributed by atoms with van der Waals surface area (Å²) in [6.45, 7) is 2.73. The molecular weight excluding hydrogens is 564 g/mol. The summed E-state index contributed by atoms with van der Waals surface area (Å²) in [5, 5.41) is 36.6. The van der Waals surface area contributed by atoms with Crippen molar-refractivity contribution in [3.8, 4) is 22.5 Å². The lowest BCUT2D eigenvalue weighted by Crippen LogP contribution is -2.29. The number of nitrogen functional groups attached to an aromatic ring is 1. The molecule has 3 aromatic carbocycles. The molecule has 0 saturated carbocycles. The van der Waals surface area contributed by atoms with Crippen molar-refractivity contribution in [3.63, 3.8) is 0 Å². The molecule has 210 valence electrons. The van der Waals surface area contributed by atoms with Crippen molar-refractivity contribution in [2.75, 3.05) is 0 Å². The summed E-state index contributed by atoms with van der Waals surface area (Å²) in [5.74, 6) is -1.57. The first-order valence-corrected chi connectivity index (χ1v) is 14.3. The van der Waals surface area contributed by atoms with Crippen LogP contribution in [0.25, 0.3) is 33.5 Å². The highest BCUT2D eigenvalue weighted by molar-refractivity contribution is 7.90. The predicted molar refractivity (Wildman–Crippen MR) is 143 cm³/mol. The molecule has 0 aliphatic heterocycles. The lowest BCUT2D eigenvalue weighted by Gasteiger charge is -2.24. The number of rotatable bonds is 9. The number of fused-ring (bicyclic) bond motifs is 1. The fourth-order valence-electron chi connectivity index (χ4n) is 4.10. The normalized spacial score (nSPS) is 12.5. The number of nitrogens with one attached hydrogen (secondary N) is 4. The van der Waals surface area contributed by atoms with Gasteiger partial charge in [0.15, 0.2) is 0 Å². The number of nitrogens with two attached hydrogens (primary N) is 1. The molecular formula is C24H24N6O8S2. The van der Waals surface area contributed by atoms with E-state index in [1.807, 2.05) is 0 Å². The monoisotopic (exact) mass is 588 g/mol. The minimum atomic E-state index is -4.80. The number of aliphatic carboxylic acids is 1. The van der Waals surface area contributed by atoms with Crippen molar-refractivity contribution in [2.45, 2.75) is 29.1 Å². The molecule has 9 N–H and O–H groups in total. The first-order valence-electron chi connectivity index (χ1n) is 11.3. The van der Waals surface area contributed by atoms with E-state index in [4.69, 9.17) is 11.1 Å². The minimum Gasteiger partial charge on any atom is -0.481 e. The highest BCUT2D eigenvalue weighted by Gasteiger charge is 2.35. The van der Waals surface area contributed by atoms with E-state index in [0.717, 1.165) is 6.07 Å². The van der Waals surface area contributed by atoms with Crippen LogP contribution in [0.2, 0.25) is 0 Å². The van der Waals surface area contributed by atoms with E-state index < -0.39 is 41.2 Å². The zero-order valence-electron chi connectivity index (χ0n) is 20.9. The number of carbonyl (C=O) groups is 1. The average Bonchev–Trinajstić information content (AvgIpc) is 3.35. The van der Waals surface area contributed by atoms with Crippen LogP contribution in [0.5, 0.6) is 0 Å². The second-order valence-corrected chi connectivity index (χ2v) is 12.5. The van der Waals surface area contributed by atoms with Crippen LogP contribution < -0.4 is 15.5 Å². The number of hydrogen-bond donors (Lipinski definition) is 8. The fourth-order valence-corrected chi connectivity index (χ4v) is 5.92. The Morgan fingerprint density at radius 2 is 1.57 bits per heavy atom. The number of imidazole rings is 1. The number of H-pyrrole nitrogens is 1. The lowest BCUT2D eigenvalue weighted by atomic mass is 9.82. The quantitative estimate of drug-likeness (QED) is 0.0800. The summed E-state index contributed by atoms with van der Waals surface area (Å²) in [5.41, 5.74) is 4.35. The molecule has 4 aromatic rings. The van der Waals surface area contributed by atoms with Gasteiger partial charge in [0.1, 0.15) is 16.6 Å². The number of sulfonamides is 2. The van der Waals surface area contributed by atoms with Crippen LogP contribution in [0, 0.1) is 5.41 Å². The molecule has 0 fully saturated rings. The van der Waals surface area contributed by atoms with Crippen LogP contribution in [-0.2, 0) is 30.3 Å². The third-order valence-corrected chi connectivity index (χ3v) is 8.76. The maximum absolute atomic E-state index is 13.3. The number of carboxylic acid groups (broad SMARTS) is 1. The van der Waals surface area contributed by atoms with Gasteiger partial charge in [-0.3, -0.25) is 10.2 Å². The van der Waals surface area contributed by atoms with E-state index >= 15 is 0 Å². The van der Waals surface area contributed by atoms with E-state index in [1.54, 1.807) is 0 Å². The summed E-state index contributed by atoms with van der Waals surface area (Å²) in [6, 6.07) is 12.1. The van der Waals surface area contributed by atoms with Gasteiger partial charge in [-0.15, -0.1) is 0 Å². The molecule has 1 heterocycles. The molecule has 0 atom stereocenters. The molecule has 14 nitrogen and oxygen atoms in total. The summed E-state index contributed by atoms with van der Waals surface area (Å²) >= 11 is 0. The van der Waals surface area contributed by atoms with E-state index in [0.29, 0.717) is 16.6 Å². The molecule has 0 aliphatic carbocycles. The predicted octanol–water partition coefficient (Wildman–Crippen LogP) is 1.88. The van der Waals surface area contributed by atoms with Crippen LogP contribution in [0.3, 0.4) is 0 Å². The molecule has 0 unspecified atom stereocenters. The molecule has 16 heteroatoms. The maximum atomic E-state index is 13.3. The highest BCUT2D eigenvalue weighted by atomic mass is 32.2. The number of amidine groups is 1. The zero-order valence-corrected chi connectivity index (χ0v) is 22.6. The van der Waals surface area contributed by atoms with Crippen molar-refractivity contribution in [1.29, 1.82) is 5.41 Å². The lowest BCUT2D eigenvalue weighted by molar-refractivity contribution is -0.142. The van der Waals surface area contributed by atoms with Crippen molar-refractivity contribution in [1.82, 2.24) is 19.7 Å². The molecule has 0 bridgehead atoms. The van der Waals surface area contributed by atoms with Crippen LogP contribution in [0.1, 0.15) is 25.0 Å². The summed E-state index contributed by atoms with van der Waals surface area (Å²) in [7, 11) is -9.37. The molecule has 4 rings (SSSR count). The van der Waals surface area contributed by atoms with Crippen LogP contribution >= 0.6 is 0 Å². The summed E-state index contributed by atoms with van der Waals surface area (Å²) < 4.78 is 51.9. The van der Waals surface area contributed by atoms with Crippen molar-refractivity contribution >= 4 is 42.9 Å². The largest absolute Gasteiger partial charge is 0.481 e. The number of benzene rings is 3. The van der Waals surface area contributed by atoms with Gasteiger partial charge < -0.3 is 26.2 Å². The van der Waals surface area contributed by atoms with Gasteiger partial charge in [0, 0.05) is 22.3 Å². The van der Waals surface area contributed by atoms with E-state index in [-0.39, 0.29) is 33.9 Å². The molecule has 0 aliphatic rings. The van der Waals surface area contributed by atoms with Crippen LogP contribution in [-0.4, -0.2) is 54.1 Å². The SMILES string of the molecule is CC(C)(C(=O)O)c1cc(-c2nc3ccc(C(=N)N)cc3[nH]2)c(S(=O)(=O)NO)c(-c2ccccc2S(=O)(=O)NO)c1. The molecule has 0 radical (unpaired) electrons. The second kappa shape index (κ2) is 10.1. The van der Waals surface area contributed by atoms with Crippen molar-refractivity contribution in [2.24, 2.45) is 5.73 Å². The van der Waals surface area contributed by atoms with Gasteiger partial charge in [0.25, 0.3) is 20.0 Å². The standard InChI is InChI=1S/C24H24N6O8S2/c1-24(2,23(31)32)13-10-15(14-5-3-4-6-19(14)39(35,36)29-33)20(40(37,38)30-34)16(11-13)22-27-17-8-7-12(21(25)26)9-18(17)28-22/h3-11,29-30,33-34H,1-2H3,(H3,25,26)(H,27,28)(H,31,32). The summed E-state index contributed by atoms with van der Waals surface area (Å²) in [6.07, 6.45) is 0. The minimum absolute atomic E-state index is 0.0657. The third-order valence-electron chi connectivity index (χ3n) is 6.37. The number of nitrogens with zero attached hydrogens (tertiary/aromatic N) is 1. The number of aromatic amines is 1. The molecule has 1 aromatic heterocycles. The highest BCUT2D eigenvalue weighted by Crippen LogP contribution is 2.41. The van der Waals surface area contributed by atoms with Gasteiger partial charge in [-0.1, -0.05) is 28.0 Å². The smallest absolute Gasteiger partial charge is 0.313 e. The Morgan fingerprint density at radius 1 is 0.950 bits per heavy atom. The third kappa shape index (κ3) is 4.94. The van der Waals surface area contributed by atoms with Gasteiger partial charge in [0.05, 0.1) is 21.3 Å². The van der Waals surface area contributed by atoms with Gasteiger partial charge in [0.2, 0.25) is 0 Å². The van der Waals surface area contributed by atoms with Crippen LogP contribution in [0.15, 0.2) is 64.4 Å². The zero-order chi connectivity index (χ0) is 29.6.